The Labute approximate surface area is 109 Å². The molecule has 2 rings (SSSR count). The van der Waals surface area contributed by atoms with Crippen LogP contribution in [0.2, 0.25) is 0 Å². The van der Waals surface area contributed by atoms with Gasteiger partial charge in [-0.2, -0.15) is 0 Å². The maximum atomic E-state index is 5.92. The molecule has 0 spiro atoms. The Balaban J connectivity index is 1.91. The third-order valence-electron chi connectivity index (χ3n) is 3.17. The van der Waals surface area contributed by atoms with E-state index >= 15 is 0 Å². The molecule has 0 saturated carbocycles. The molecule has 0 aliphatic carbocycles. The molecule has 1 saturated heterocycles. The van der Waals surface area contributed by atoms with Crippen molar-refractivity contribution in [2.75, 3.05) is 19.8 Å². The predicted molar refractivity (Wildman–Crippen MR) is 73.1 cm³/mol. The van der Waals surface area contributed by atoms with E-state index in [9.17, 15) is 0 Å². The lowest BCUT2D eigenvalue weighted by atomic mass is 10.0. The van der Waals surface area contributed by atoms with Crippen LogP contribution in [0.1, 0.15) is 26.3 Å². The van der Waals surface area contributed by atoms with Crippen molar-refractivity contribution in [3.8, 4) is 5.75 Å². The zero-order valence-electron chi connectivity index (χ0n) is 11.5. The Morgan fingerprint density at radius 3 is 2.89 bits per heavy atom. The van der Waals surface area contributed by atoms with Crippen LogP contribution in [0.15, 0.2) is 24.3 Å². The molecule has 1 heterocycles. The Morgan fingerprint density at radius 2 is 2.17 bits per heavy atom. The van der Waals surface area contributed by atoms with Gasteiger partial charge in [-0.15, -0.1) is 0 Å². The zero-order valence-corrected chi connectivity index (χ0v) is 11.5. The first-order chi connectivity index (χ1) is 8.61. The van der Waals surface area contributed by atoms with E-state index in [1.807, 2.05) is 12.1 Å². The van der Waals surface area contributed by atoms with Gasteiger partial charge in [0.05, 0.1) is 19.3 Å². The first kappa shape index (κ1) is 13.4. The van der Waals surface area contributed by atoms with E-state index < -0.39 is 0 Å². The molecule has 1 fully saturated rings. The molecule has 0 aromatic heterocycles. The maximum Gasteiger partial charge on any atom is 0.122 e. The van der Waals surface area contributed by atoms with Crippen LogP contribution in [0.4, 0.5) is 0 Å². The molecule has 0 bridgehead atoms. The molecule has 0 amide bonds. The van der Waals surface area contributed by atoms with Crippen LogP contribution in [-0.2, 0) is 11.2 Å². The van der Waals surface area contributed by atoms with Crippen LogP contribution in [0.5, 0.6) is 5.75 Å². The number of aryl methyl sites for hydroxylation is 1. The minimum Gasteiger partial charge on any atom is -0.492 e. The highest BCUT2D eigenvalue weighted by Crippen LogP contribution is 2.19. The molecule has 3 heteroatoms. The number of hydrogen-bond donors (Lipinski definition) is 1. The van der Waals surface area contributed by atoms with Crippen molar-refractivity contribution in [2.24, 2.45) is 0 Å². The minimum absolute atomic E-state index is 0.0382. The third-order valence-corrected chi connectivity index (χ3v) is 3.17. The summed E-state index contributed by atoms with van der Waals surface area (Å²) in [6.07, 6.45) is 0.996. The van der Waals surface area contributed by atoms with Crippen molar-refractivity contribution in [1.29, 1.82) is 0 Å². The molecule has 1 aliphatic rings. The first-order valence-corrected chi connectivity index (χ1v) is 6.67. The fraction of sp³-hybridized carbons (Fsp3) is 0.600. The number of ether oxygens (including phenoxy) is 2. The molecule has 0 radical (unpaired) electrons. The minimum atomic E-state index is 0.0382. The smallest absolute Gasteiger partial charge is 0.122 e. The summed E-state index contributed by atoms with van der Waals surface area (Å²) in [4.78, 5) is 0. The van der Waals surface area contributed by atoms with E-state index in [0.717, 1.165) is 25.4 Å². The lowest BCUT2D eigenvalue weighted by Crippen LogP contribution is -2.57. The van der Waals surface area contributed by atoms with Crippen molar-refractivity contribution in [3.05, 3.63) is 29.8 Å². The molecule has 1 N–H and O–H groups in total. The molecule has 100 valence electrons. The van der Waals surface area contributed by atoms with Crippen LogP contribution < -0.4 is 10.1 Å². The molecule has 18 heavy (non-hydrogen) atoms. The van der Waals surface area contributed by atoms with Crippen LogP contribution in [0.3, 0.4) is 0 Å². The average molecular weight is 249 g/mol. The fourth-order valence-electron chi connectivity index (χ4n) is 2.31. The van der Waals surface area contributed by atoms with Crippen LogP contribution in [-0.4, -0.2) is 31.4 Å². The van der Waals surface area contributed by atoms with E-state index in [2.05, 4.69) is 38.2 Å². The highest BCUT2D eigenvalue weighted by molar-refractivity contribution is 5.33. The molecule has 1 aliphatic heterocycles. The van der Waals surface area contributed by atoms with Gasteiger partial charge in [0.2, 0.25) is 0 Å². The van der Waals surface area contributed by atoms with Gasteiger partial charge in [-0.1, -0.05) is 25.1 Å². The summed E-state index contributed by atoms with van der Waals surface area (Å²) in [6.45, 7) is 8.58. The van der Waals surface area contributed by atoms with Gasteiger partial charge in [0.1, 0.15) is 12.4 Å². The van der Waals surface area contributed by atoms with Crippen molar-refractivity contribution >= 4 is 0 Å². The number of benzene rings is 1. The Kier molecular flexibility index (Phi) is 4.25. The van der Waals surface area contributed by atoms with E-state index in [1.165, 1.54) is 5.56 Å². The Morgan fingerprint density at radius 1 is 1.39 bits per heavy atom. The molecule has 1 atom stereocenters. The second kappa shape index (κ2) is 5.72. The normalized spacial score (nSPS) is 22.7. The average Bonchev–Trinajstić information content (AvgIpc) is 2.35. The number of para-hydroxylation sites is 1. The first-order valence-electron chi connectivity index (χ1n) is 6.67. The van der Waals surface area contributed by atoms with Crippen LogP contribution >= 0.6 is 0 Å². The van der Waals surface area contributed by atoms with Gasteiger partial charge in [-0.25, -0.2) is 0 Å². The van der Waals surface area contributed by atoms with E-state index in [4.69, 9.17) is 9.47 Å². The lowest BCUT2D eigenvalue weighted by molar-refractivity contribution is 0.000864. The van der Waals surface area contributed by atoms with Crippen LogP contribution in [0.25, 0.3) is 0 Å². The van der Waals surface area contributed by atoms with Crippen molar-refractivity contribution < 1.29 is 9.47 Å². The number of morpholine rings is 1. The number of rotatable bonds is 4. The summed E-state index contributed by atoms with van der Waals surface area (Å²) in [7, 11) is 0. The predicted octanol–water partition coefficient (Wildman–Crippen LogP) is 2.39. The third kappa shape index (κ3) is 3.47. The van der Waals surface area contributed by atoms with Crippen molar-refractivity contribution in [1.82, 2.24) is 5.32 Å². The van der Waals surface area contributed by atoms with Gasteiger partial charge >= 0.3 is 0 Å². The molecule has 1 aromatic carbocycles. The highest BCUT2D eigenvalue weighted by atomic mass is 16.5. The summed E-state index contributed by atoms with van der Waals surface area (Å²) in [5.74, 6) is 0.991. The molecule has 1 unspecified atom stereocenters. The summed E-state index contributed by atoms with van der Waals surface area (Å²) >= 11 is 0. The quantitative estimate of drug-likeness (QED) is 0.889. The Hall–Kier alpha value is -1.06. The van der Waals surface area contributed by atoms with Gasteiger partial charge in [0.25, 0.3) is 0 Å². The SMILES string of the molecule is CCc1ccccc1OCC1COCC(C)(C)N1. The zero-order chi connectivity index (χ0) is 13.0. The van der Waals surface area contributed by atoms with Crippen molar-refractivity contribution in [2.45, 2.75) is 38.8 Å². The topological polar surface area (TPSA) is 30.5 Å². The van der Waals surface area contributed by atoms with Gasteiger partial charge in [0.15, 0.2) is 0 Å². The second-order valence-electron chi connectivity index (χ2n) is 5.51. The Bertz CT molecular complexity index is 390. The largest absolute Gasteiger partial charge is 0.492 e. The molecule has 1 aromatic rings. The van der Waals surface area contributed by atoms with Gasteiger partial charge in [0, 0.05) is 5.54 Å². The summed E-state index contributed by atoms with van der Waals surface area (Å²) < 4.78 is 11.5. The summed E-state index contributed by atoms with van der Waals surface area (Å²) in [6, 6.07) is 8.48. The standard InChI is InChI=1S/C15H23NO2/c1-4-12-7-5-6-8-14(12)18-10-13-9-17-11-15(2,3)16-13/h5-8,13,16H,4,9-11H2,1-3H3. The molecular formula is C15H23NO2. The van der Waals surface area contributed by atoms with Gasteiger partial charge in [-0.3, -0.25) is 0 Å². The van der Waals surface area contributed by atoms with Crippen LogP contribution in [0, 0.1) is 0 Å². The summed E-state index contributed by atoms with van der Waals surface area (Å²) in [5.41, 5.74) is 1.30. The molecular weight excluding hydrogens is 226 g/mol. The fourth-order valence-corrected chi connectivity index (χ4v) is 2.31. The van der Waals surface area contributed by atoms with E-state index in [0.29, 0.717) is 6.61 Å². The highest BCUT2D eigenvalue weighted by Gasteiger charge is 2.27. The van der Waals surface area contributed by atoms with Gasteiger partial charge in [-0.05, 0) is 31.9 Å². The van der Waals surface area contributed by atoms with Crippen molar-refractivity contribution in [3.63, 3.8) is 0 Å². The number of nitrogens with one attached hydrogen (secondary N) is 1. The monoisotopic (exact) mass is 249 g/mol. The maximum absolute atomic E-state index is 5.92. The molecule has 3 nitrogen and oxygen atoms in total. The second-order valence-corrected chi connectivity index (χ2v) is 5.51. The lowest BCUT2D eigenvalue weighted by Gasteiger charge is -2.36. The van der Waals surface area contributed by atoms with E-state index in [1.54, 1.807) is 0 Å². The van der Waals surface area contributed by atoms with Gasteiger partial charge < -0.3 is 14.8 Å². The van der Waals surface area contributed by atoms with E-state index in [-0.39, 0.29) is 11.6 Å². The number of hydrogen-bond acceptors (Lipinski definition) is 3. The summed E-state index contributed by atoms with van der Waals surface area (Å²) in [5, 5.41) is 3.55.